The van der Waals surface area contributed by atoms with Crippen LogP contribution in [0.3, 0.4) is 0 Å². The molecule has 1 amide bonds. The minimum absolute atomic E-state index is 0.121. The predicted molar refractivity (Wildman–Crippen MR) is 123 cm³/mol. The van der Waals surface area contributed by atoms with Crippen molar-refractivity contribution in [2.45, 2.75) is 39.3 Å². The molecule has 1 unspecified atom stereocenters. The van der Waals surface area contributed by atoms with Crippen molar-refractivity contribution >= 4 is 5.91 Å². The van der Waals surface area contributed by atoms with Gasteiger partial charge in [-0.3, -0.25) is 19.7 Å². The van der Waals surface area contributed by atoms with E-state index in [1.54, 1.807) is 6.20 Å². The molecule has 5 nitrogen and oxygen atoms in total. The van der Waals surface area contributed by atoms with Gasteiger partial charge in [-0.1, -0.05) is 36.4 Å². The monoisotopic (exact) mass is 414 g/mol. The molecule has 1 atom stereocenters. The topological polar surface area (TPSA) is 58.1 Å². The summed E-state index contributed by atoms with van der Waals surface area (Å²) in [5, 5.41) is 3.19. The fourth-order valence-electron chi connectivity index (χ4n) is 4.42. The standard InChI is InChI=1S/C26H30N4O/c1-20(2)29-25(31)26(11-14-30(19-26)18-24-10-3-4-13-28-24)16-21-7-5-8-22(15-21)23-9-6-12-27-17-23/h3-10,12-13,15,17,20H,11,14,16,18-19H2,1-2H3,(H,29,31). The van der Waals surface area contributed by atoms with Gasteiger partial charge in [0.1, 0.15) is 0 Å². The first-order valence-electron chi connectivity index (χ1n) is 11.0. The van der Waals surface area contributed by atoms with Crippen LogP contribution in [0.2, 0.25) is 0 Å². The van der Waals surface area contributed by atoms with Crippen LogP contribution in [0.1, 0.15) is 31.5 Å². The summed E-state index contributed by atoms with van der Waals surface area (Å²) >= 11 is 0. The number of amides is 1. The van der Waals surface area contributed by atoms with Gasteiger partial charge in [0.05, 0.1) is 11.1 Å². The van der Waals surface area contributed by atoms with Gasteiger partial charge in [0.15, 0.2) is 0 Å². The van der Waals surface area contributed by atoms with Crippen molar-refractivity contribution in [1.82, 2.24) is 20.2 Å². The minimum Gasteiger partial charge on any atom is -0.353 e. The summed E-state index contributed by atoms with van der Waals surface area (Å²) in [6.45, 7) is 6.45. The van der Waals surface area contributed by atoms with Crippen LogP contribution < -0.4 is 5.32 Å². The van der Waals surface area contributed by atoms with Crippen molar-refractivity contribution < 1.29 is 4.79 Å². The van der Waals surface area contributed by atoms with Crippen molar-refractivity contribution in [2.75, 3.05) is 13.1 Å². The van der Waals surface area contributed by atoms with Crippen molar-refractivity contribution in [2.24, 2.45) is 5.41 Å². The number of pyridine rings is 2. The number of carbonyl (C=O) groups excluding carboxylic acids is 1. The highest BCUT2D eigenvalue weighted by Crippen LogP contribution is 2.36. The molecule has 1 aromatic carbocycles. The Balaban J connectivity index is 1.57. The van der Waals surface area contributed by atoms with E-state index in [1.165, 1.54) is 5.56 Å². The first-order valence-corrected chi connectivity index (χ1v) is 11.0. The fraction of sp³-hybridized carbons (Fsp3) is 0.346. The highest BCUT2D eigenvalue weighted by Gasteiger charge is 2.44. The lowest BCUT2D eigenvalue weighted by Gasteiger charge is -2.30. The zero-order valence-electron chi connectivity index (χ0n) is 18.3. The number of carbonyl (C=O) groups is 1. The summed E-state index contributed by atoms with van der Waals surface area (Å²) in [6.07, 6.45) is 7.06. The molecular weight excluding hydrogens is 384 g/mol. The molecule has 1 fully saturated rings. The SMILES string of the molecule is CC(C)NC(=O)C1(Cc2cccc(-c3cccnc3)c2)CCN(Cc2ccccn2)C1. The Labute approximate surface area is 184 Å². The van der Waals surface area contributed by atoms with E-state index in [-0.39, 0.29) is 11.9 Å². The molecule has 31 heavy (non-hydrogen) atoms. The Kier molecular flexibility index (Phi) is 6.42. The van der Waals surface area contributed by atoms with Gasteiger partial charge in [-0.25, -0.2) is 0 Å². The number of nitrogens with zero attached hydrogens (tertiary/aromatic N) is 3. The second-order valence-electron chi connectivity index (χ2n) is 8.81. The summed E-state index contributed by atoms with van der Waals surface area (Å²) in [4.78, 5) is 24.4. The Morgan fingerprint density at radius 3 is 2.71 bits per heavy atom. The van der Waals surface area contributed by atoms with Crippen molar-refractivity contribution in [1.29, 1.82) is 0 Å². The van der Waals surface area contributed by atoms with E-state index in [9.17, 15) is 4.79 Å². The van der Waals surface area contributed by atoms with Crippen molar-refractivity contribution in [3.8, 4) is 11.1 Å². The number of hydrogen-bond donors (Lipinski definition) is 1. The van der Waals surface area contributed by atoms with Gasteiger partial charge in [0, 0.05) is 37.7 Å². The summed E-state index contributed by atoms with van der Waals surface area (Å²) < 4.78 is 0. The number of rotatable bonds is 7. The Hall–Kier alpha value is -3.05. The molecule has 0 radical (unpaired) electrons. The molecule has 0 saturated carbocycles. The maximum Gasteiger partial charge on any atom is 0.228 e. The second-order valence-corrected chi connectivity index (χ2v) is 8.81. The lowest BCUT2D eigenvalue weighted by atomic mass is 9.79. The first kappa shape index (κ1) is 21.2. The first-order chi connectivity index (χ1) is 15.0. The number of aromatic nitrogens is 2. The number of hydrogen-bond acceptors (Lipinski definition) is 4. The maximum absolute atomic E-state index is 13.4. The van der Waals surface area contributed by atoms with E-state index in [2.05, 4.69) is 50.5 Å². The van der Waals surface area contributed by atoms with Crippen LogP contribution in [0.15, 0.2) is 73.2 Å². The third kappa shape index (κ3) is 5.17. The molecule has 0 aliphatic carbocycles. The van der Waals surface area contributed by atoms with Crippen LogP contribution in [0, 0.1) is 5.41 Å². The number of nitrogens with one attached hydrogen (secondary N) is 1. The fourth-order valence-corrected chi connectivity index (χ4v) is 4.42. The van der Waals surface area contributed by atoms with E-state index in [4.69, 9.17) is 0 Å². The number of likely N-dealkylation sites (tertiary alicyclic amines) is 1. The molecule has 160 valence electrons. The van der Waals surface area contributed by atoms with Crippen LogP contribution in [0.5, 0.6) is 0 Å². The Morgan fingerprint density at radius 2 is 1.97 bits per heavy atom. The molecule has 1 aliphatic rings. The molecule has 1 aliphatic heterocycles. The molecule has 1 saturated heterocycles. The average Bonchev–Trinajstić information content (AvgIpc) is 3.18. The average molecular weight is 415 g/mol. The van der Waals surface area contributed by atoms with Crippen LogP contribution in [0.25, 0.3) is 11.1 Å². The molecule has 0 bridgehead atoms. The van der Waals surface area contributed by atoms with Crippen molar-refractivity contribution in [3.63, 3.8) is 0 Å². The highest BCUT2D eigenvalue weighted by molar-refractivity contribution is 5.84. The quantitative estimate of drug-likeness (QED) is 0.632. The van der Waals surface area contributed by atoms with Gasteiger partial charge >= 0.3 is 0 Å². The van der Waals surface area contributed by atoms with Crippen LogP contribution >= 0.6 is 0 Å². The van der Waals surface area contributed by atoms with E-state index >= 15 is 0 Å². The molecule has 5 heteroatoms. The van der Waals surface area contributed by atoms with E-state index in [0.717, 1.165) is 49.3 Å². The Bertz CT molecular complexity index is 1010. The highest BCUT2D eigenvalue weighted by atomic mass is 16.2. The van der Waals surface area contributed by atoms with E-state index < -0.39 is 5.41 Å². The molecular formula is C26H30N4O. The lowest BCUT2D eigenvalue weighted by molar-refractivity contribution is -0.131. The zero-order valence-corrected chi connectivity index (χ0v) is 18.3. The molecule has 3 heterocycles. The minimum atomic E-state index is -0.438. The molecule has 0 spiro atoms. The third-order valence-corrected chi connectivity index (χ3v) is 5.91. The summed E-state index contributed by atoms with van der Waals surface area (Å²) in [5.41, 5.74) is 4.01. The molecule has 2 aromatic heterocycles. The largest absolute Gasteiger partial charge is 0.353 e. The van der Waals surface area contributed by atoms with Crippen molar-refractivity contribution in [3.05, 3.63) is 84.4 Å². The number of benzene rings is 1. The zero-order chi connectivity index (χ0) is 21.7. The third-order valence-electron chi connectivity index (χ3n) is 5.91. The smallest absolute Gasteiger partial charge is 0.228 e. The molecule has 4 rings (SSSR count). The molecule has 3 aromatic rings. The summed E-state index contributed by atoms with van der Waals surface area (Å²) in [5.74, 6) is 0.151. The summed E-state index contributed by atoms with van der Waals surface area (Å²) in [7, 11) is 0. The van der Waals surface area contributed by atoms with Gasteiger partial charge in [0.2, 0.25) is 5.91 Å². The maximum atomic E-state index is 13.4. The van der Waals surface area contributed by atoms with Crippen LogP contribution in [-0.2, 0) is 17.8 Å². The van der Waals surface area contributed by atoms with Gasteiger partial charge in [-0.05, 0) is 68.1 Å². The van der Waals surface area contributed by atoms with Crippen LogP contribution in [0.4, 0.5) is 0 Å². The van der Waals surface area contributed by atoms with Gasteiger partial charge in [-0.15, -0.1) is 0 Å². The summed E-state index contributed by atoms with van der Waals surface area (Å²) in [6, 6.07) is 18.6. The van der Waals surface area contributed by atoms with Gasteiger partial charge in [-0.2, -0.15) is 0 Å². The normalized spacial score (nSPS) is 18.9. The van der Waals surface area contributed by atoms with Gasteiger partial charge in [0.25, 0.3) is 0 Å². The lowest BCUT2D eigenvalue weighted by Crippen LogP contribution is -2.46. The van der Waals surface area contributed by atoms with Gasteiger partial charge < -0.3 is 5.32 Å². The molecule has 1 N–H and O–H groups in total. The Morgan fingerprint density at radius 1 is 1.10 bits per heavy atom. The predicted octanol–water partition coefficient (Wildman–Crippen LogP) is 4.10. The van der Waals surface area contributed by atoms with Crippen LogP contribution in [-0.4, -0.2) is 39.9 Å². The van der Waals surface area contributed by atoms with E-state index in [0.29, 0.717) is 0 Å². The van der Waals surface area contributed by atoms with E-state index in [1.807, 2.05) is 50.5 Å². The second kappa shape index (κ2) is 9.40.